The second kappa shape index (κ2) is 8.34. The van der Waals surface area contributed by atoms with Gasteiger partial charge in [-0.25, -0.2) is 9.78 Å². The van der Waals surface area contributed by atoms with Crippen molar-refractivity contribution in [2.45, 2.75) is 64.5 Å². The molecule has 1 atom stereocenters. The Kier molecular flexibility index (Phi) is 6.45. The Morgan fingerprint density at radius 3 is 2.96 bits per heavy atom. The van der Waals surface area contributed by atoms with Gasteiger partial charge in [-0.05, 0) is 53.0 Å². The summed E-state index contributed by atoms with van der Waals surface area (Å²) in [5, 5.41) is 3.61. The number of likely N-dealkylation sites (tertiary alicyclic amines) is 1. The zero-order valence-electron chi connectivity index (χ0n) is 14.6. The van der Waals surface area contributed by atoms with Crippen molar-refractivity contribution < 1.29 is 9.53 Å². The quantitative estimate of drug-likeness (QED) is 0.818. The van der Waals surface area contributed by atoms with Gasteiger partial charge in [0, 0.05) is 37.9 Å². The highest BCUT2D eigenvalue weighted by Crippen LogP contribution is 2.15. The van der Waals surface area contributed by atoms with E-state index in [1.165, 1.54) is 0 Å². The number of amides is 1. The van der Waals surface area contributed by atoms with E-state index in [0.717, 1.165) is 57.6 Å². The van der Waals surface area contributed by atoms with E-state index in [-0.39, 0.29) is 6.09 Å². The van der Waals surface area contributed by atoms with Gasteiger partial charge in [0.2, 0.25) is 0 Å². The number of hydrogen-bond donors (Lipinski definition) is 2. The first-order valence-electron chi connectivity index (χ1n) is 8.63. The second-order valence-corrected chi connectivity index (χ2v) is 7.19. The molecule has 0 aliphatic carbocycles. The summed E-state index contributed by atoms with van der Waals surface area (Å²) in [5.41, 5.74) is -0.424. The van der Waals surface area contributed by atoms with Crippen LogP contribution >= 0.6 is 0 Å². The van der Waals surface area contributed by atoms with E-state index in [1.807, 2.05) is 31.9 Å². The second-order valence-electron chi connectivity index (χ2n) is 7.19. The van der Waals surface area contributed by atoms with E-state index < -0.39 is 5.60 Å². The molecule has 0 bridgehead atoms. The van der Waals surface area contributed by atoms with Gasteiger partial charge >= 0.3 is 6.09 Å². The summed E-state index contributed by atoms with van der Waals surface area (Å²) in [7, 11) is 0. The van der Waals surface area contributed by atoms with E-state index >= 15 is 0 Å². The molecule has 1 amide bonds. The molecule has 6 heteroatoms. The predicted octanol–water partition coefficient (Wildman–Crippen LogP) is 2.72. The zero-order chi connectivity index (χ0) is 16.7. The Morgan fingerprint density at radius 2 is 2.26 bits per heavy atom. The van der Waals surface area contributed by atoms with Gasteiger partial charge in [0.25, 0.3) is 0 Å². The molecule has 1 aromatic rings. The van der Waals surface area contributed by atoms with Crippen LogP contribution in [0.15, 0.2) is 12.4 Å². The van der Waals surface area contributed by atoms with Crippen molar-refractivity contribution in [3.8, 4) is 0 Å². The van der Waals surface area contributed by atoms with E-state index in [2.05, 4.69) is 15.3 Å². The molecule has 1 aliphatic rings. The van der Waals surface area contributed by atoms with Crippen molar-refractivity contribution in [3.05, 3.63) is 18.2 Å². The van der Waals surface area contributed by atoms with Gasteiger partial charge in [-0.15, -0.1) is 0 Å². The summed E-state index contributed by atoms with van der Waals surface area (Å²) in [6, 6.07) is 0.485. The third kappa shape index (κ3) is 6.60. The number of aromatic nitrogens is 2. The SMILES string of the molecule is CC(C)(C)OC(=O)N1CCCC(NCCCc2ncc[nH]2)CC1. The number of carbonyl (C=O) groups is 1. The molecule has 1 aromatic heterocycles. The molecule has 6 nitrogen and oxygen atoms in total. The third-order valence-corrected chi connectivity index (χ3v) is 3.96. The van der Waals surface area contributed by atoms with Crippen molar-refractivity contribution in [3.63, 3.8) is 0 Å². The number of rotatable bonds is 5. The van der Waals surface area contributed by atoms with Gasteiger partial charge in [-0.3, -0.25) is 0 Å². The first-order chi connectivity index (χ1) is 10.9. The average Bonchev–Trinajstić information content (AvgIpc) is 2.86. The van der Waals surface area contributed by atoms with E-state index in [1.54, 1.807) is 6.20 Å². The topological polar surface area (TPSA) is 70.2 Å². The van der Waals surface area contributed by atoms with Gasteiger partial charge < -0.3 is 19.9 Å². The smallest absolute Gasteiger partial charge is 0.410 e. The third-order valence-electron chi connectivity index (χ3n) is 3.96. The van der Waals surface area contributed by atoms with Gasteiger partial charge in [0.05, 0.1) is 0 Å². The maximum atomic E-state index is 12.1. The van der Waals surface area contributed by atoms with Crippen LogP contribution in [0.4, 0.5) is 4.79 Å². The fourth-order valence-electron chi connectivity index (χ4n) is 2.81. The van der Waals surface area contributed by atoms with Gasteiger partial charge in [0.1, 0.15) is 11.4 Å². The maximum absolute atomic E-state index is 12.1. The van der Waals surface area contributed by atoms with Crippen molar-refractivity contribution in [2.75, 3.05) is 19.6 Å². The number of ether oxygens (including phenoxy) is 1. The molecule has 1 fully saturated rings. The van der Waals surface area contributed by atoms with E-state index in [0.29, 0.717) is 6.04 Å². The predicted molar refractivity (Wildman–Crippen MR) is 90.4 cm³/mol. The summed E-state index contributed by atoms with van der Waals surface area (Å²) >= 11 is 0. The minimum absolute atomic E-state index is 0.184. The molecule has 2 heterocycles. The zero-order valence-corrected chi connectivity index (χ0v) is 14.6. The lowest BCUT2D eigenvalue weighted by Crippen LogP contribution is -2.38. The number of carbonyl (C=O) groups excluding carboxylic acids is 1. The molecule has 1 unspecified atom stereocenters. The maximum Gasteiger partial charge on any atom is 0.410 e. The lowest BCUT2D eigenvalue weighted by atomic mass is 10.1. The molecule has 0 saturated carbocycles. The van der Waals surface area contributed by atoms with Crippen LogP contribution in [0.2, 0.25) is 0 Å². The Hall–Kier alpha value is -1.56. The normalized spacial score (nSPS) is 19.4. The molecule has 130 valence electrons. The molecular weight excluding hydrogens is 292 g/mol. The molecule has 1 aliphatic heterocycles. The molecule has 23 heavy (non-hydrogen) atoms. The van der Waals surface area contributed by atoms with Crippen LogP contribution in [0.1, 0.15) is 52.3 Å². The highest BCUT2D eigenvalue weighted by atomic mass is 16.6. The van der Waals surface area contributed by atoms with Crippen molar-refractivity contribution >= 4 is 6.09 Å². The average molecular weight is 322 g/mol. The Labute approximate surface area is 139 Å². The van der Waals surface area contributed by atoms with Gasteiger partial charge in [-0.2, -0.15) is 0 Å². The fraction of sp³-hybridized carbons (Fsp3) is 0.765. The number of aromatic amines is 1. The number of nitrogens with zero attached hydrogens (tertiary/aromatic N) is 2. The molecule has 1 saturated heterocycles. The van der Waals surface area contributed by atoms with E-state index in [9.17, 15) is 4.79 Å². The summed E-state index contributed by atoms with van der Waals surface area (Å²) < 4.78 is 5.46. The molecule has 2 N–H and O–H groups in total. The first kappa shape index (κ1) is 17.8. The molecule has 0 radical (unpaired) electrons. The van der Waals surface area contributed by atoms with Crippen LogP contribution in [0.25, 0.3) is 0 Å². The minimum atomic E-state index is -0.424. The monoisotopic (exact) mass is 322 g/mol. The Bertz CT molecular complexity index is 467. The number of aryl methyl sites for hydroxylation is 1. The van der Waals surface area contributed by atoms with Crippen molar-refractivity contribution in [1.82, 2.24) is 20.2 Å². The summed E-state index contributed by atoms with van der Waals surface area (Å²) in [5.74, 6) is 1.05. The minimum Gasteiger partial charge on any atom is -0.444 e. The number of nitrogens with one attached hydrogen (secondary N) is 2. The number of H-pyrrole nitrogens is 1. The molecule has 0 aromatic carbocycles. The highest BCUT2D eigenvalue weighted by Gasteiger charge is 2.24. The van der Waals surface area contributed by atoms with Crippen LogP contribution in [0.3, 0.4) is 0 Å². The Balaban J connectivity index is 1.66. The van der Waals surface area contributed by atoms with E-state index in [4.69, 9.17) is 4.74 Å². The van der Waals surface area contributed by atoms with Gasteiger partial charge in [0.15, 0.2) is 0 Å². The summed E-state index contributed by atoms with van der Waals surface area (Å²) in [6.07, 6.45) is 8.63. The molecule has 2 rings (SSSR count). The lowest BCUT2D eigenvalue weighted by Gasteiger charge is -2.26. The van der Waals surface area contributed by atoms with Gasteiger partial charge in [-0.1, -0.05) is 0 Å². The summed E-state index contributed by atoms with van der Waals surface area (Å²) in [4.78, 5) is 21.3. The van der Waals surface area contributed by atoms with Crippen LogP contribution in [-0.2, 0) is 11.2 Å². The highest BCUT2D eigenvalue weighted by molar-refractivity contribution is 5.68. The standard InChI is InChI=1S/C17H30N4O2/c1-17(2,3)23-16(22)21-12-5-6-14(8-13-21)18-9-4-7-15-19-10-11-20-15/h10-11,14,18H,4-9,12-13H2,1-3H3,(H,19,20). The lowest BCUT2D eigenvalue weighted by molar-refractivity contribution is 0.0256. The van der Waals surface area contributed by atoms with Crippen LogP contribution < -0.4 is 5.32 Å². The van der Waals surface area contributed by atoms with Crippen LogP contribution in [0.5, 0.6) is 0 Å². The largest absolute Gasteiger partial charge is 0.444 e. The van der Waals surface area contributed by atoms with Crippen molar-refractivity contribution in [1.29, 1.82) is 0 Å². The fourth-order valence-corrected chi connectivity index (χ4v) is 2.81. The first-order valence-corrected chi connectivity index (χ1v) is 8.63. The van der Waals surface area contributed by atoms with Crippen LogP contribution in [0, 0.1) is 0 Å². The van der Waals surface area contributed by atoms with Crippen LogP contribution in [-0.4, -0.2) is 52.2 Å². The number of imidazole rings is 1. The number of hydrogen-bond acceptors (Lipinski definition) is 4. The Morgan fingerprint density at radius 1 is 1.43 bits per heavy atom. The summed E-state index contributed by atoms with van der Waals surface area (Å²) in [6.45, 7) is 8.27. The molecular formula is C17H30N4O2. The molecule has 0 spiro atoms. The van der Waals surface area contributed by atoms with Crippen molar-refractivity contribution in [2.24, 2.45) is 0 Å².